The van der Waals surface area contributed by atoms with Crippen molar-refractivity contribution in [2.45, 2.75) is 20.0 Å². The van der Waals surface area contributed by atoms with Crippen molar-refractivity contribution in [2.75, 3.05) is 20.3 Å². The van der Waals surface area contributed by atoms with Gasteiger partial charge in [-0.1, -0.05) is 24.3 Å². The molecular formula is C27H25N3O4. The normalized spacial score (nSPS) is 14.5. The molecule has 3 aromatic heterocycles. The molecule has 0 fully saturated rings. The van der Waals surface area contributed by atoms with Crippen LogP contribution in [0, 0.1) is 13.8 Å². The van der Waals surface area contributed by atoms with E-state index < -0.39 is 0 Å². The van der Waals surface area contributed by atoms with Gasteiger partial charge in [0.05, 0.1) is 12.8 Å². The van der Waals surface area contributed by atoms with E-state index in [1.807, 2.05) is 37.4 Å². The van der Waals surface area contributed by atoms with Crippen molar-refractivity contribution < 1.29 is 18.9 Å². The maximum absolute atomic E-state index is 6.05. The van der Waals surface area contributed by atoms with Crippen LogP contribution >= 0.6 is 0 Å². The molecule has 172 valence electrons. The van der Waals surface area contributed by atoms with Crippen LogP contribution in [0.5, 0.6) is 23.3 Å². The van der Waals surface area contributed by atoms with Crippen molar-refractivity contribution in [2.24, 2.45) is 0 Å². The number of fused-ring (bicyclic) bond motifs is 1. The zero-order chi connectivity index (χ0) is 23.5. The number of rotatable bonds is 6. The third kappa shape index (κ3) is 4.64. The van der Waals surface area contributed by atoms with Gasteiger partial charge >= 0.3 is 0 Å². The van der Waals surface area contributed by atoms with Gasteiger partial charge in [-0.05, 0) is 43.2 Å². The number of methoxy groups -OCH3 is 1. The number of hydrogen-bond acceptors (Lipinski definition) is 7. The first-order valence-electron chi connectivity index (χ1n) is 11.1. The lowest BCUT2D eigenvalue weighted by Crippen LogP contribution is -2.34. The summed E-state index contributed by atoms with van der Waals surface area (Å²) in [5.41, 5.74) is 6.05. The predicted octanol–water partition coefficient (Wildman–Crippen LogP) is 5.05. The van der Waals surface area contributed by atoms with Crippen molar-refractivity contribution in [3.63, 3.8) is 0 Å². The number of benzene rings is 1. The fourth-order valence-electron chi connectivity index (χ4n) is 3.80. The summed E-state index contributed by atoms with van der Waals surface area (Å²) < 4.78 is 23.1. The van der Waals surface area contributed by atoms with Crippen molar-refractivity contribution in [1.29, 1.82) is 0 Å². The molecule has 4 aromatic rings. The van der Waals surface area contributed by atoms with Gasteiger partial charge < -0.3 is 18.9 Å². The summed E-state index contributed by atoms with van der Waals surface area (Å²) in [5, 5.41) is 0. The molecule has 0 spiro atoms. The molecule has 0 saturated carbocycles. The Morgan fingerprint density at radius 2 is 1.88 bits per heavy atom. The molecule has 0 amide bonds. The minimum Gasteiger partial charge on any atom is -0.489 e. The fraction of sp³-hybridized carbons (Fsp3) is 0.222. The van der Waals surface area contributed by atoms with E-state index in [-0.39, 0.29) is 6.10 Å². The summed E-state index contributed by atoms with van der Waals surface area (Å²) in [6.07, 6.45) is 3.30. The monoisotopic (exact) mass is 455 g/mol. The van der Waals surface area contributed by atoms with Gasteiger partial charge in [-0.25, -0.2) is 9.97 Å². The molecule has 1 aliphatic heterocycles. The first kappa shape index (κ1) is 21.7. The molecule has 4 heterocycles. The summed E-state index contributed by atoms with van der Waals surface area (Å²) in [7, 11) is 1.59. The molecule has 1 aromatic carbocycles. The molecule has 0 bridgehead atoms. The average molecular weight is 456 g/mol. The lowest BCUT2D eigenvalue weighted by molar-refractivity contribution is 0.0487. The Kier molecular flexibility index (Phi) is 5.99. The summed E-state index contributed by atoms with van der Waals surface area (Å²) in [4.78, 5) is 13.3. The van der Waals surface area contributed by atoms with Crippen LogP contribution in [0.4, 0.5) is 0 Å². The summed E-state index contributed by atoms with van der Waals surface area (Å²) >= 11 is 0. The quantitative estimate of drug-likeness (QED) is 0.403. The minimum absolute atomic E-state index is 0.269. The topological polar surface area (TPSA) is 75.6 Å². The number of hydrogen-bond donors (Lipinski definition) is 0. The third-order valence-corrected chi connectivity index (χ3v) is 5.61. The number of ether oxygens (including phenoxy) is 4. The maximum Gasteiger partial charge on any atom is 0.257 e. The van der Waals surface area contributed by atoms with Gasteiger partial charge in [0, 0.05) is 41.3 Å². The van der Waals surface area contributed by atoms with Crippen molar-refractivity contribution in [3.8, 4) is 45.6 Å². The van der Waals surface area contributed by atoms with Gasteiger partial charge in [-0.3, -0.25) is 4.98 Å². The van der Waals surface area contributed by atoms with Crippen molar-refractivity contribution in [3.05, 3.63) is 78.2 Å². The molecule has 0 saturated heterocycles. The minimum atomic E-state index is -0.269. The maximum atomic E-state index is 6.05. The van der Waals surface area contributed by atoms with E-state index in [4.69, 9.17) is 18.9 Å². The Labute approximate surface area is 198 Å². The first-order valence-corrected chi connectivity index (χ1v) is 11.1. The third-order valence-electron chi connectivity index (χ3n) is 5.61. The van der Waals surface area contributed by atoms with E-state index in [1.54, 1.807) is 19.4 Å². The lowest BCUT2D eigenvalue weighted by Gasteiger charge is -2.25. The Morgan fingerprint density at radius 3 is 2.68 bits per heavy atom. The van der Waals surface area contributed by atoms with Crippen LogP contribution in [-0.4, -0.2) is 41.4 Å². The van der Waals surface area contributed by atoms with Crippen LogP contribution in [0.1, 0.15) is 11.3 Å². The van der Waals surface area contributed by atoms with Crippen molar-refractivity contribution in [1.82, 2.24) is 15.0 Å². The highest BCUT2D eigenvalue weighted by Crippen LogP contribution is 2.32. The zero-order valence-corrected chi connectivity index (χ0v) is 19.3. The molecule has 0 N–H and O–H groups in total. The molecule has 7 heteroatoms. The van der Waals surface area contributed by atoms with Gasteiger partial charge in [-0.15, -0.1) is 0 Å². The highest BCUT2D eigenvalue weighted by atomic mass is 16.6. The van der Waals surface area contributed by atoms with Gasteiger partial charge in [0.25, 0.3) is 5.88 Å². The first-order chi connectivity index (χ1) is 16.6. The second-order valence-corrected chi connectivity index (χ2v) is 8.12. The second kappa shape index (κ2) is 9.39. The largest absolute Gasteiger partial charge is 0.489 e. The standard InChI is InChI=1S/C27H25N3O4/c1-17-11-19(20-7-6-18(2)29-14-20)8-9-23(17)24-12-21(13-26(30-24)31-3)32-15-22-16-33-25-5-4-10-28-27(25)34-22/h4-14,22H,15-16H2,1-3H3/t22-/m0/s1. The Balaban J connectivity index is 1.35. The number of pyridine rings is 3. The highest BCUT2D eigenvalue weighted by molar-refractivity contribution is 5.72. The molecule has 0 unspecified atom stereocenters. The van der Waals surface area contributed by atoms with Gasteiger partial charge in [0.1, 0.15) is 19.0 Å². The average Bonchev–Trinajstić information content (AvgIpc) is 2.87. The second-order valence-electron chi connectivity index (χ2n) is 8.12. The molecule has 0 aliphatic carbocycles. The molecule has 0 radical (unpaired) electrons. The summed E-state index contributed by atoms with van der Waals surface area (Å²) in [6, 6.07) is 17.7. The van der Waals surface area contributed by atoms with E-state index in [9.17, 15) is 0 Å². The molecule has 34 heavy (non-hydrogen) atoms. The predicted molar refractivity (Wildman–Crippen MR) is 129 cm³/mol. The fourth-order valence-corrected chi connectivity index (χ4v) is 3.80. The smallest absolute Gasteiger partial charge is 0.257 e. The van der Waals surface area contributed by atoms with Gasteiger partial charge in [0.15, 0.2) is 11.9 Å². The van der Waals surface area contributed by atoms with Crippen LogP contribution in [0.3, 0.4) is 0 Å². The van der Waals surface area contributed by atoms with Crippen molar-refractivity contribution >= 4 is 0 Å². The van der Waals surface area contributed by atoms with E-state index in [1.165, 1.54) is 0 Å². The van der Waals surface area contributed by atoms with Crippen LogP contribution in [0.15, 0.2) is 67.0 Å². The van der Waals surface area contributed by atoms with Crippen LogP contribution in [-0.2, 0) is 0 Å². The molecule has 1 aliphatic rings. The zero-order valence-electron chi connectivity index (χ0n) is 19.3. The van der Waals surface area contributed by atoms with E-state index in [0.29, 0.717) is 36.5 Å². The Hall–Kier alpha value is -4.13. The van der Waals surface area contributed by atoms with Crippen LogP contribution in [0.25, 0.3) is 22.4 Å². The summed E-state index contributed by atoms with van der Waals surface area (Å²) in [5.74, 6) is 2.25. The van der Waals surface area contributed by atoms with Gasteiger partial charge in [0.2, 0.25) is 5.88 Å². The molecule has 5 rings (SSSR count). The summed E-state index contributed by atoms with van der Waals surface area (Å²) in [6.45, 7) is 4.75. The number of aryl methyl sites for hydroxylation is 2. The lowest BCUT2D eigenvalue weighted by atomic mass is 9.98. The van der Waals surface area contributed by atoms with Crippen LogP contribution in [0.2, 0.25) is 0 Å². The highest BCUT2D eigenvalue weighted by Gasteiger charge is 2.22. The van der Waals surface area contributed by atoms with E-state index in [0.717, 1.165) is 33.6 Å². The molecule has 1 atom stereocenters. The Morgan fingerprint density at radius 1 is 1.00 bits per heavy atom. The Bertz CT molecular complexity index is 1310. The molecule has 7 nitrogen and oxygen atoms in total. The van der Waals surface area contributed by atoms with Crippen LogP contribution < -0.4 is 18.9 Å². The van der Waals surface area contributed by atoms with Gasteiger partial charge in [-0.2, -0.15) is 0 Å². The van der Waals surface area contributed by atoms with E-state index >= 15 is 0 Å². The molecular weight excluding hydrogens is 430 g/mol. The van der Waals surface area contributed by atoms with E-state index in [2.05, 4.69) is 46.1 Å². The SMILES string of the molecule is COc1cc(OC[C@H]2COc3cccnc3O2)cc(-c2ccc(-c3ccc(C)nc3)cc2C)n1. The number of nitrogens with zero attached hydrogens (tertiary/aromatic N) is 3. The number of aromatic nitrogens is 3.